The van der Waals surface area contributed by atoms with Crippen molar-refractivity contribution in [1.29, 1.82) is 0 Å². The van der Waals surface area contributed by atoms with E-state index in [0.29, 0.717) is 38.6 Å². The molecule has 0 heterocycles. The number of nitrogens with two attached hydrogens (primary N) is 1. The Balaban J connectivity index is 4.05. The molecule has 0 radical (unpaired) electrons. The van der Waals surface area contributed by atoms with Gasteiger partial charge in [0.2, 0.25) is 5.91 Å². The summed E-state index contributed by atoms with van der Waals surface area (Å²) in [7, 11) is 0. The number of carbonyl (C=O) groups is 3. The van der Waals surface area contributed by atoms with E-state index in [1.54, 1.807) is 0 Å². The molecule has 0 rings (SSSR count). The van der Waals surface area contributed by atoms with Crippen LogP contribution in [0.4, 0.5) is 0 Å². The molecule has 50 heavy (non-hydrogen) atoms. The average Bonchev–Trinajstić information content (AvgIpc) is 3.10. The molecule has 1 amide bonds. The van der Waals surface area contributed by atoms with Crippen LogP contribution in [0.1, 0.15) is 226 Å². The molecule has 7 nitrogen and oxygen atoms in total. The normalized spacial score (nSPS) is 12.7. The number of ether oxygens (including phenoxy) is 1. The molecule has 0 saturated carbocycles. The van der Waals surface area contributed by atoms with Crippen molar-refractivity contribution < 1.29 is 24.2 Å². The number of carboxylic acid groups (broad SMARTS) is 1. The van der Waals surface area contributed by atoms with Crippen LogP contribution in [0, 0.1) is 0 Å². The Labute approximate surface area is 309 Å². The fourth-order valence-corrected chi connectivity index (χ4v) is 6.54. The molecule has 2 atom stereocenters. The van der Waals surface area contributed by atoms with Crippen molar-refractivity contribution >= 4 is 17.8 Å². The van der Waals surface area contributed by atoms with Gasteiger partial charge in [-0.3, -0.25) is 9.59 Å². The minimum Gasteiger partial charge on any atom is -0.480 e. The molecular weight excluding hydrogens is 624 g/mol. The van der Waals surface area contributed by atoms with Gasteiger partial charge in [-0.2, -0.15) is 0 Å². The molecule has 7 heteroatoms. The smallest absolute Gasteiger partial charge is 0.326 e. The first-order valence-corrected chi connectivity index (χ1v) is 21.5. The van der Waals surface area contributed by atoms with Crippen molar-refractivity contribution in [3.63, 3.8) is 0 Å². The molecule has 4 N–H and O–H groups in total. The van der Waals surface area contributed by atoms with E-state index in [4.69, 9.17) is 10.5 Å². The zero-order valence-electron chi connectivity index (χ0n) is 33.0. The number of amides is 1. The monoisotopic (exact) mass is 707 g/mol. The highest BCUT2D eigenvalue weighted by molar-refractivity contribution is 5.83. The van der Waals surface area contributed by atoms with E-state index in [2.05, 4.69) is 31.3 Å². The van der Waals surface area contributed by atoms with Gasteiger partial charge in [-0.05, 0) is 64.0 Å². The zero-order chi connectivity index (χ0) is 36.8. The van der Waals surface area contributed by atoms with Gasteiger partial charge in [0.15, 0.2) is 0 Å². The van der Waals surface area contributed by atoms with Crippen LogP contribution < -0.4 is 11.1 Å². The van der Waals surface area contributed by atoms with E-state index < -0.39 is 12.0 Å². The number of aliphatic carboxylic acids is 1. The Kier molecular flexibility index (Phi) is 36.9. The molecule has 0 spiro atoms. The number of hydrogen-bond donors (Lipinski definition) is 3. The van der Waals surface area contributed by atoms with Crippen LogP contribution in [0.3, 0.4) is 0 Å². The third-order valence-corrected chi connectivity index (χ3v) is 9.82. The maximum Gasteiger partial charge on any atom is 0.326 e. The van der Waals surface area contributed by atoms with Gasteiger partial charge in [-0.1, -0.05) is 168 Å². The van der Waals surface area contributed by atoms with E-state index in [-0.39, 0.29) is 18.0 Å². The molecule has 0 fully saturated rings. The number of unbranched alkanes of at least 4 members (excludes halogenated alkanes) is 25. The highest BCUT2D eigenvalue weighted by atomic mass is 16.5. The van der Waals surface area contributed by atoms with Gasteiger partial charge in [-0.25, -0.2) is 4.79 Å². The summed E-state index contributed by atoms with van der Waals surface area (Å²) in [6.45, 7) is 4.91. The van der Waals surface area contributed by atoms with E-state index in [9.17, 15) is 19.5 Å². The maximum atomic E-state index is 12.7. The predicted molar refractivity (Wildman–Crippen MR) is 211 cm³/mol. The molecule has 0 aliphatic heterocycles. The van der Waals surface area contributed by atoms with Crippen molar-refractivity contribution in [3.05, 3.63) is 12.2 Å². The molecule has 0 aromatic heterocycles. The van der Waals surface area contributed by atoms with Gasteiger partial charge in [-0.15, -0.1) is 0 Å². The van der Waals surface area contributed by atoms with Gasteiger partial charge < -0.3 is 20.9 Å². The summed E-state index contributed by atoms with van der Waals surface area (Å²) >= 11 is 0. The van der Waals surface area contributed by atoms with Crippen LogP contribution in [-0.2, 0) is 19.1 Å². The molecule has 0 bridgehead atoms. The van der Waals surface area contributed by atoms with Gasteiger partial charge >= 0.3 is 11.9 Å². The number of rotatable bonds is 39. The van der Waals surface area contributed by atoms with Crippen LogP contribution in [0.2, 0.25) is 0 Å². The summed E-state index contributed by atoms with van der Waals surface area (Å²) in [5.41, 5.74) is 5.47. The molecule has 0 aliphatic rings. The second kappa shape index (κ2) is 38.3. The lowest BCUT2D eigenvalue weighted by Crippen LogP contribution is -2.40. The van der Waals surface area contributed by atoms with Gasteiger partial charge in [0, 0.05) is 12.8 Å². The first-order chi connectivity index (χ1) is 24.4. The average molecular weight is 707 g/mol. The number of allylic oxidation sites excluding steroid dienone is 1. The van der Waals surface area contributed by atoms with Crippen molar-refractivity contribution in [2.45, 2.75) is 238 Å². The molecule has 2 unspecified atom stereocenters. The lowest BCUT2D eigenvalue weighted by Gasteiger charge is -2.15. The van der Waals surface area contributed by atoms with Crippen molar-refractivity contribution in [1.82, 2.24) is 5.32 Å². The lowest BCUT2D eigenvalue weighted by molar-refractivity contribution is -0.147. The summed E-state index contributed by atoms with van der Waals surface area (Å²) in [4.78, 5) is 36.2. The minimum atomic E-state index is -1.01. The Hall–Kier alpha value is -1.89. The van der Waals surface area contributed by atoms with Crippen molar-refractivity contribution in [2.75, 3.05) is 6.54 Å². The third kappa shape index (κ3) is 34.6. The van der Waals surface area contributed by atoms with Crippen LogP contribution in [0.5, 0.6) is 0 Å². The SMILES string of the molecule is CCCCCC/C=C\C(CCCCCCC(=O)NC(CCCN)C(=O)O)OC(=O)CCCCCCCCCCCCCCCCCCCCC. The number of esters is 1. The van der Waals surface area contributed by atoms with Crippen LogP contribution in [0.15, 0.2) is 12.2 Å². The second-order valence-electron chi connectivity index (χ2n) is 14.8. The first-order valence-electron chi connectivity index (χ1n) is 21.5. The Bertz CT molecular complexity index is 802. The standard InChI is InChI=1S/C43H82N2O5/c1-3-5-7-9-11-12-13-14-15-16-17-18-19-20-21-22-23-25-31-37-42(47)50-39(33-28-24-10-8-6-4-2)34-29-26-27-30-36-41(46)45-40(43(48)49)35-32-38-44/h28,33,39-40H,3-27,29-32,34-38,44H2,1-2H3,(H,45,46)(H,48,49)/b33-28-. The van der Waals surface area contributed by atoms with Crippen LogP contribution in [-0.4, -0.2) is 41.6 Å². The fourth-order valence-electron chi connectivity index (χ4n) is 6.54. The number of carboxylic acids is 1. The first kappa shape index (κ1) is 48.1. The van der Waals surface area contributed by atoms with Crippen molar-refractivity contribution in [2.24, 2.45) is 5.73 Å². The van der Waals surface area contributed by atoms with E-state index in [1.165, 1.54) is 135 Å². The molecule has 0 saturated heterocycles. The quantitative estimate of drug-likeness (QED) is 0.0332. The summed E-state index contributed by atoms with van der Waals surface area (Å²) in [6.07, 6.45) is 41.5. The molecular formula is C43H82N2O5. The van der Waals surface area contributed by atoms with E-state index in [1.807, 2.05) is 0 Å². The number of carbonyl (C=O) groups excluding carboxylic acids is 2. The topological polar surface area (TPSA) is 119 Å². The predicted octanol–water partition coefficient (Wildman–Crippen LogP) is 11.9. The summed E-state index contributed by atoms with van der Waals surface area (Å²) < 4.78 is 5.90. The van der Waals surface area contributed by atoms with Gasteiger partial charge in [0.25, 0.3) is 0 Å². The van der Waals surface area contributed by atoms with Crippen LogP contribution >= 0.6 is 0 Å². The zero-order valence-corrected chi connectivity index (χ0v) is 33.0. The summed E-state index contributed by atoms with van der Waals surface area (Å²) in [5.74, 6) is -1.32. The lowest BCUT2D eigenvalue weighted by atomic mass is 10.0. The summed E-state index contributed by atoms with van der Waals surface area (Å²) in [5, 5.41) is 11.9. The van der Waals surface area contributed by atoms with Crippen LogP contribution in [0.25, 0.3) is 0 Å². The highest BCUT2D eigenvalue weighted by Gasteiger charge is 2.19. The highest BCUT2D eigenvalue weighted by Crippen LogP contribution is 2.17. The molecule has 294 valence electrons. The van der Waals surface area contributed by atoms with E-state index >= 15 is 0 Å². The molecule has 0 aliphatic carbocycles. The van der Waals surface area contributed by atoms with Gasteiger partial charge in [0.05, 0.1) is 0 Å². The largest absolute Gasteiger partial charge is 0.480 e. The second-order valence-corrected chi connectivity index (χ2v) is 14.8. The fraction of sp³-hybridized carbons (Fsp3) is 0.884. The Morgan fingerprint density at radius 3 is 1.50 bits per heavy atom. The Morgan fingerprint density at radius 2 is 1.02 bits per heavy atom. The van der Waals surface area contributed by atoms with E-state index in [0.717, 1.165) is 44.9 Å². The third-order valence-electron chi connectivity index (χ3n) is 9.82. The maximum absolute atomic E-state index is 12.7. The molecule has 0 aromatic carbocycles. The molecule has 0 aromatic rings. The summed E-state index contributed by atoms with van der Waals surface area (Å²) in [6, 6.07) is -0.867. The minimum absolute atomic E-state index is 0.0862. The van der Waals surface area contributed by atoms with Gasteiger partial charge in [0.1, 0.15) is 12.1 Å². The number of nitrogens with one attached hydrogen (secondary N) is 1. The van der Waals surface area contributed by atoms with Crippen molar-refractivity contribution in [3.8, 4) is 0 Å². The number of hydrogen-bond acceptors (Lipinski definition) is 5. The Morgan fingerprint density at radius 1 is 0.580 bits per heavy atom.